The number of carbonyl (C=O) groups is 2. The number of halogens is 2. The van der Waals surface area contributed by atoms with Crippen molar-refractivity contribution in [2.45, 2.75) is 29.7 Å². The van der Waals surface area contributed by atoms with E-state index < -0.39 is 23.5 Å². The molecular weight excluding hydrogens is 669 g/mol. The first-order valence-corrected chi connectivity index (χ1v) is 16.6. The summed E-state index contributed by atoms with van der Waals surface area (Å²) in [7, 11) is 0. The van der Waals surface area contributed by atoms with Crippen molar-refractivity contribution in [2.75, 3.05) is 11.5 Å². The van der Waals surface area contributed by atoms with Gasteiger partial charge in [0.15, 0.2) is 27.4 Å². The van der Waals surface area contributed by atoms with Gasteiger partial charge in [-0.2, -0.15) is 0 Å². The third kappa shape index (κ3) is 6.63. The molecule has 0 fully saturated rings. The number of ether oxygens (including phenoxy) is 2. The van der Waals surface area contributed by atoms with Crippen molar-refractivity contribution in [1.82, 2.24) is 10.2 Å². The molecule has 1 aliphatic rings. The average molecular weight is 695 g/mol. The third-order valence-electron chi connectivity index (χ3n) is 6.99. The molecule has 0 radical (unpaired) electrons. The number of furan rings is 1. The first-order valence-electron chi connectivity index (χ1n) is 14.0. The molecule has 1 amide bonds. The Morgan fingerprint density at radius 3 is 2.59 bits per heavy atom. The summed E-state index contributed by atoms with van der Waals surface area (Å²) in [4.78, 5) is 28.6. The summed E-state index contributed by atoms with van der Waals surface area (Å²) in [6.07, 6.45) is 1.35. The highest BCUT2D eigenvalue weighted by Gasteiger charge is 2.47. The van der Waals surface area contributed by atoms with Gasteiger partial charge in [0.1, 0.15) is 6.61 Å². The molecule has 3 heterocycles. The van der Waals surface area contributed by atoms with Crippen LogP contribution in [0.3, 0.4) is 0 Å². The summed E-state index contributed by atoms with van der Waals surface area (Å²) in [5.41, 5.74) is 2.16. The Morgan fingerprint density at radius 1 is 1.02 bits per heavy atom. The molecule has 0 spiro atoms. The van der Waals surface area contributed by atoms with E-state index in [9.17, 15) is 14.7 Å². The number of nitrogens with zero attached hydrogens (tertiary/aromatic N) is 3. The molecule has 2 aromatic heterocycles. The number of anilines is 1. The van der Waals surface area contributed by atoms with Crippen molar-refractivity contribution < 1.29 is 28.6 Å². The standard InChI is InChI=1S/C33H25Cl2N3O6S2/c1-2-42-26-15-20(11-13-24(26)44-17-19-7-4-3-5-8-19)28-27(29(39)25-9-6-14-43-25)30(40)31(41)38(28)32-36-37-33(46-32)45-18-21-10-12-22(34)16-23(21)35/h3-16,28,40H,2,17-18H2,1H3. The van der Waals surface area contributed by atoms with Gasteiger partial charge in [-0.3, -0.25) is 14.5 Å². The van der Waals surface area contributed by atoms with Crippen LogP contribution in [0.2, 0.25) is 10.0 Å². The van der Waals surface area contributed by atoms with Crippen molar-refractivity contribution in [3.8, 4) is 11.5 Å². The Kier molecular flexibility index (Phi) is 9.64. The van der Waals surface area contributed by atoms with Crippen molar-refractivity contribution in [1.29, 1.82) is 0 Å². The fraction of sp³-hybridized carbons (Fsp3) is 0.152. The number of Topliss-reactive ketones (excluding diaryl/α,β-unsaturated/α-hetero) is 1. The largest absolute Gasteiger partial charge is 0.503 e. The number of aromatic nitrogens is 2. The van der Waals surface area contributed by atoms with E-state index in [0.717, 1.165) is 22.5 Å². The lowest BCUT2D eigenvalue weighted by Gasteiger charge is -2.25. The van der Waals surface area contributed by atoms with Gasteiger partial charge >= 0.3 is 0 Å². The Bertz CT molecular complexity index is 1910. The van der Waals surface area contributed by atoms with Crippen LogP contribution in [0.15, 0.2) is 105 Å². The summed E-state index contributed by atoms with van der Waals surface area (Å²) >= 11 is 14.9. The van der Waals surface area contributed by atoms with Gasteiger partial charge in [-0.05, 0) is 60.0 Å². The number of hydrogen-bond acceptors (Lipinski definition) is 10. The molecule has 0 saturated heterocycles. The Balaban J connectivity index is 1.34. The summed E-state index contributed by atoms with van der Waals surface area (Å²) in [5, 5.41) is 20.9. The summed E-state index contributed by atoms with van der Waals surface area (Å²) in [6.45, 7) is 2.49. The molecule has 1 N–H and O–H groups in total. The van der Waals surface area contributed by atoms with E-state index in [1.807, 2.05) is 43.3 Å². The van der Waals surface area contributed by atoms with Crippen LogP contribution in [0.4, 0.5) is 5.13 Å². The summed E-state index contributed by atoms with van der Waals surface area (Å²) < 4.78 is 17.9. The number of carbonyl (C=O) groups excluding carboxylic acids is 2. The minimum absolute atomic E-state index is 0.0256. The van der Waals surface area contributed by atoms with Crippen LogP contribution in [0.1, 0.15) is 40.2 Å². The lowest BCUT2D eigenvalue weighted by atomic mass is 9.95. The van der Waals surface area contributed by atoms with Crippen molar-refractivity contribution in [3.63, 3.8) is 0 Å². The van der Waals surface area contributed by atoms with Crippen LogP contribution in [-0.4, -0.2) is 33.6 Å². The van der Waals surface area contributed by atoms with Gasteiger partial charge in [0, 0.05) is 15.8 Å². The molecule has 9 nitrogen and oxygen atoms in total. The SMILES string of the molecule is CCOc1cc(C2C(C(=O)c3ccco3)=C(O)C(=O)N2c2nnc(SCc3ccc(Cl)cc3Cl)s2)ccc1OCc1ccccc1. The number of ketones is 1. The lowest BCUT2D eigenvalue weighted by molar-refractivity contribution is -0.117. The number of aliphatic hydroxyl groups is 1. The zero-order valence-electron chi connectivity index (χ0n) is 24.2. The molecular formula is C33H25Cl2N3O6S2. The maximum Gasteiger partial charge on any atom is 0.296 e. The molecule has 5 aromatic rings. The Labute approximate surface area is 282 Å². The number of hydrogen-bond donors (Lipinski definition) is 1. The van der Waals surface area contributed by atoms with Gasteiger partial charge in [-0.1, -0.05) is 88.8 Å². The summed E-state index contributed by atoms with van der Waals surface area (Å²) in [5.74, 6) is -0.789. The molecule has 234 valence electrons. The smallest absolute Gasteiger partial charge is 0.296 e. The number of rotatable bonds is 12. The molecule has 0 saturated carbocycles. The second-order valence-electron chi connectivity index (χ2n) is 9.93. The number of aliphatic hydroxyl groups excluding tert-OH is 1. The van der Waals surface area contributed by atoms with Gasteiger partial charge in [0.05, 0.1) is 24.5 Å². The highest BCUT2D eigenvalue weighted by Crippen LogP contribution is 2.46. The lowest BCUT2D eigenvalue weighted by Crippen LogP contribution is -2.31. The monoisotopic (exact) mass is 693 g/mol. The van der Waals surface area contributed by atoms with Gasteiger partial charge in [0.2, 0.25) is 10.9 Å². The molecule has 0 aliphatic carbocycles. The van der Waals surface area contributed by atoms with Crippen LogP contribution in [0.5, 0.6) is 11.5 Å². The topological polar surface area (TPSA) is 115 Å². The quantitative estimate of drug-likeness (QED) is 0.0780. The molecule has 46 heavy (non-hydrogen) atoms. The van der Waals surface area contributed by atoms with E-state index in [-0.39, 0.29) is 16.5 Å². The first kappa shape index (κ1) is 31.7. The Morgan fingerprint density at radius 2 is 1.85 bits per heavy atom. The van der Waals surface area contributed by atoms with Gasteiger partial charge in [-0.15, -0.1) is 10.2 Å². The first-order chi connectivity index (χ1) is 22.3. The highest BCUT2D eigenvalue weighted by molar-refractivity contribution is 8.00. The minimum Gasteiger partial charge on any atom is -0.503 e. The van der Waals surface area contributed by atoms with E-state index >= 15 is 0 Å². The predicted octanol–water partition coefficient (Wildman–Crippen LogP) is 8.49. The molecule has 6 rings (SSSR count). The number of benzene rings is 3. The maximum absolute atomic E-state index is 13.7. The van der Waals surface area contributed by atoms with E-state index in [1.165, 1.54) is 29.0 Å². The van der Waals surface area contributed by atoms with Gasteiger partial charge in [0.25, 0.3) is 5.91 Å². The van der Waals surface area contributed by atoms with Crippen LogP contribution in [0, 0.1) is 0 Å². The fourth-order valence-corrected chi connectivity index (χ4v) is 7.27. The van der Waals surface area contributed by atoms with E-state index in [0.29, 0.717) is 50.4 Å². The molecule has 0 bridgehead atoms. The fourth-order valence-electron chi connectivity index (χ4n) is 4.84. The van der Waals surface area contributed by atoms with Crippen LogP contribution in [-0.2, 0) is 17.2 Å². The number of amides is 1. The van der Waals surface area contributed by atoms with Crippen LogP contribution in [0.25, 0.3) is 0 Å². The van der Waals surface area contributed by atoms with Crippen molar-refractivity contribution in [3.05, 3.63) is 129 Å². The molecule has 1 aliphatic heterocycles. The second kappa shape index (κ2) is 14.0. The maximum atomic E-state index is 13.7. The van der Waals surface area contributed by atoms with Gasteiger partial charge < -0.3 is 19.0 Å². The highest BCUT2D eigenvalue weighted by atomic mass is 35.5. The minimum atomic E-state index is -1.07. The summed E-state index contributed by atoms with van der Waals surface area (Å²) in [6, 6.07) is 22.0. The molecule has 13 heteroatoms. The van der Waals surface area contributed by atoms with Gasteiger partial charge in [-0.25, -0.2) is 0 Å². The van der Waals surface area contributed by atoms with Crippen molar-refractivity contribution >= 4 is 63.1 Å². The van der Waals surface area contributed by atoms with E-state index in [1.54, 1.807) is 36.4 Å². The predicted molar refractivity (Wildman–Crippen MR) is 177 cm³/mol. The number of thioether (sulfide) groups is 1. The Hall–Kier alpha value is -4.29. The van der Waals surface area contributed by atoms with Crippen LogP contribution < -0.4 is 14.4 Å². The van der Waals surface area contributed by atoms with E-state index in [2.05, 4.69) is 10.2 Å². The third-order valence-corrected chi connectivity index (χ3v) is 9.68. The normalized spacial score (nSPS) is 14.6. The van der Waals surface area contributed by atoms with Crippen LogP contribution >= 0.6 is 46.3 Å². The average Bonchev–Trinajstić information content (AvgIpc) is 3.81. The molecule has 1 unspecified atom stereocenters. The van der Waals surface area contributed by atoms with Crippen molar-refractivity contribution in [2.24, 2.45) is 0 Å². The second-order valence-corrected chi connectivity index (χ2v) is 13.0. The molecule has 3 aromatic carbocycles. The molecule has 1 atom stereocenters. The zero-order chi connectivity index (χ0) is 32.2. The van der Waals surface area contributed by atoms with E-state index in [4.69, 9.17) is 37.1 Å². The zero-order valence-corrected chi connectivity index (χ0v) is 27.3.